The monoisotopic (exact) mass is 473 g/mol. The Morgan fingerprint density at radius 2 is 1.69 bits per heavy atom. The second-order valence-corrected chi connectivity index (χ2v) is 9.33. The lowest BCUT2D eigenvalue weighted by molar-refractivity contribution is -0.127. The minimum atomic E-state index is -0.368. The summed E-state index contributed by atoms with van der Waals surface area (Å²) in [6, 6.07) is 24.2. The van der Waals surface area contributed by atoms with Gasteiger partial charge in [0.2, 0.25) is 5.91 Å². The average Bonchev–Trinajstić information content (AvgIpc) is 2.89. The van der Waals surface area contributed by atoms with Crippen molar-refractivity contribution in [3.63, 3.8) is 0 Å². The highest BCUT2D eigenvalue weighted by atomic mass is 19.1. The molecule has 3 aromatic carbocycles. The van der Waals surface area contributed by atoms with E-state index in [1.54, 1.807) is 17.9 Å². The van der Waals surface area contributed by atoms with Crippen molar-refractivity contribution in [2.75, 3.05) is 13.1 Å². The van der Waals surface area contributed by atoms with Crippen molar-refractivity contribution in [1.29, 1.82) is 0 Å². The zero-order chi connectivity index (χ0) is 24.8. The minimum absolute atomic E-state index is 0.0618. The van der Waals surface area contributed by atoms with Crippen LogP contribution < -0.4 is 10.6 Å². The molecular formula is C29H32FN3O2. The number of amides is 3. The number of carbonyl (C=O) groups is 2. The number of hydrogen-bond acceptors (Lipinski definition) is 2. The van der Waals surface area contributed by atoms with Crippen LogP contribution >= 0.6 is 0 Å². The number of aryl methyl sites for hydroxylation is 1. The molecule has 1 heterocycles. The molecule has 0 aliphatic carbocycles. The number of carbonyl (C=O) groups excluding carboxylic acids is 2. The van der Waals surface area contributed by atoms with Gasteiger partial charge in [0.1, 0.15) is 5.82 Å². The van der Waals surface area contributed by atoms with Gasteiger partial charge in [-0.05, 0) is 48.6 Å². The highest BCUT2D eigenvalue weighted by Gasteiger charge is 2.35. The Morgan fingerprint density at radius 1 is 1.00 bits per heavy atom. The molecule has 5 nitrogen and oxygen atoms in total. The zero-order valence-corrected chi connectivity index (χ0v) is 20.2. The lowest BCUT2D eigenvalue weighted by atomic mass is 9.83. The zero-order valence-electron chi connectivity index (χ0n) is 20.2. The summed E-state index contributed by atoms with van der Waals surface area (Å²) in [6.07, 6.45) is 0.598. The highest BCUT2D eigenvalue weighted by molar-refractivity contribution is 5.81. The molecule has 1 aliphatic heterocycles. The van der Waals surface area contributed by atoms with Crippen LogP contribution in [0.2, 0.25) is 0 Å². The maximum atomic E-state index is 13.9. The van der Waals surface area contributed by atoms with Crippen LogP contribution in [0.1, 0.15) is 47.6 Å². The third-order valence-electron chi connectivity index (χ3n) is 6.71. The molecule has 2 N–H and O–H groups in total. The van der Waals surface area contributed by atoms with Gasteiger partial charge in [-0.1, -0.05) is 72.8 Å². The van der Waals surface area contributed by atoms with Gasteiger partial charge in [-0.25, -0.2) is 9.18 Å². The summed E-state index contributed by atoms with van der Waals surface area (Å²) in [6.45, 7) is 4.92. The van der Waals surface area contributed by atoms with Crippen LogP contribution in [0.3, 0.4) is 0 Å². The molecule has 0 aromatic heterocycles. The first-order chi connectivity index (χ1) is 16.9. The maximum absolute atomic E-state index is 13.9. The molecule has 4 rings (SSSR count). The lowest BCUT2D eigenvalue weighted by Crippen LogP contribution is -2.51. The highest BCUT2D eigenvalue weighted by Crippen LogP contribution is 2.32. The van der Waals surface area contributed by atoms with E-state index in [0.29, 0.717) is 31.6 Å². The quantitative estimate of drug-likeness (QED) is 0.509. The largest absolute Gasteiger partial charge is 0.349 e. The van der Waals surface area contributed by atoms with E-state index < -0.39 is 0 Å². The molecule has 0 radical (unpaired) electrons. The van der Waals surface area contributed by atoms with E-state index in [0.717, 1.165) is 16.7 Å². The molecule has 3 atom stereocenters. The number of piperidine rings is 1. The summed E-state index contributed by atoms with van der Waals surface area (Å²) in [4.78, 5) is 28.1. The fourth-order valence-electron chi connectivity index (χ4n) is 4.66. The van der Waals surface area contributed by atoms with E-state index in [4.69, 9.17) is 0 Å². The Hall–Kier alpha value is -3.67. The summed E-state index contributed by atoms with van der Waals surface area (Å²) >= 11 is 0. The third-order valence-corrected chi connectivity index (χ3v) is 6.71. The Labute approximate surface area is 206 Å². The van der Waals surface area contributed by atoms with Crippen LogP contribution in [0.25, 0.3) is 0 Å². The van der Waals surface area contributed by atoms with E-state index in [2.05, 4.69) is 10.6 Å². The summed E-state index contributed by atoms with van der Waals surface area (Å²) < 4.78 is 13.9. The first-order valence-corrected chi connectivity index (χ1v) is 12.1. The number of likely N-dealkylation sites (tertiary alicyclic amines) is 1. The van der Waals surface area contributed by atoms with Crippen molar-refractivity contribution in [3.05, 3.63) is 107 Å². The van der Waals surface area contributed by atoms with E-state index in [-0.39, 0.29) is 35.6 Å². The van der Waals surface area contributed by atoms with Crippen LogP contribution in [0, 0.1) is 18.7 Å². The van der Waals surface area contributed by atoms with Gasteiger partial charge in [0.25, 0.3) is 0 Å². The van der Waals surface area contributed by atoms with Crippen molar-refractivity contribution in [2.45, 2.75) is 38.8 Å². The molecule has 3 aromatic rings. The Bertz CT molecular complexity index is 1150. The first kappa shape index (κ1) is 24.5. The number of nitrogens with zero attached hydrogens (tertiary/aromatic N) is 1. The van der Waals surface area contributed by atoms with Crippen molar-refractivity contribution in [1.82, 2.24) is 15.5 Å². The average molecular weight is 474 g/mol. The van der Waals surface area contributed by atoms with Crippen LogP contribution in [-0.4, -0.2) is 29.9 Å². The smallest absolute Gasteiger partial charge is 0.317 e. The molecule has 3 amide bonds. The number of rotatable bonds is 6. The molecule has 1 fully saturated rings. The van der Waals surface area contributed by atoms with E-state index >= 15 is 0 Å². The van der Waals surface area contributed by atoms with E-state index in [9.17, 15) is 14.0 Å². The van der Waals surface area contributed by atoms with Crippen molar-refractivity contribution >= 4 is 11.9 Å². The van der Waals surface area contributed by atoms with Gasteiger partial charge in [0.05, 0.1) is 12.0 Å². The van der Waals surface area contributed by atoms with Gasteiger partial charge < -0.3 is 15.5 Å². The second kappa shape index (κ2) is 11.2. The number of benzene rings is 3. The molecule has 0 unspecified atom stereocenters. The van der Waals surface area contributed by atoms with Gasteiger partial charge in [0.15, 0.2) is 0 Å². The predicted octanol–water partition coefficient (Wildman–Crippen LogP) is 5.33. The van der Waals surface area contributed by atoms with E-state index in [1.807, 2.05) is 73.7 Å². The molecule has 1 saturated heterocycles. The Balaban J connectivity index is 1.50. The Morgan fingerprint density at radius 3 is 2.37 bits per heavy atom. The summed E-state index contributed by atoms with van der Waals surface area (Å²) in [5.41, 5.74) is 3.54. The summed E-state index contributed by atoms with van der Waals surface area (Å²) in [5.74, 6) is -0.764. The third kappa shape index (κ3) is 6.27. The fourth-order valence-corrected chi connectivity index (χ4v) is 4.66. The Kier molecular flexibility index (Phi) is 7.80. The number of nitrogens with one attached hydrogen (secondary N) is 2. The van der Waals surface area contributed by atoms with Crippen LogP contribution in [0.5, 0.6) is 0 Å². The normalized spacial score (nSPS) is 18.5. The molecule has 35 heavy (non-hydrogen) atoms. The minimum Gasteiger partial charge on any atom is -0.349 e. The SMILES string of the molecule is Cc1cc([C@@H]2C[C@H](C(=O)N[C@@H](C)c3ccccc3)CN(C(=O)NCc3ccccc3)C2)ccc1F. The molecule has 0 spiro atoms. The van der Waals surface area contributed by atoms with Gasteiger partial charge in [0, 0.05) is 25.6 Å². The number of urea groups is 1. The van der Waals surface area contributed by atoms with E-state index in [1.165, 1.54) is 6.07 Å². The topological polar surface area (TPSA) is 61.4 Å². The molecule has 182 valence electrons. The fraction of sp³-hybridized carbons (Fsp3) is 0.310. The summed E-state index contributed by atoms with van der Waals surface area (Å²) in [7, 11) is 0. The maximum Gasteiger partial charge on any atom is 0.317 e. The van der Waals surface area contributed by atoms with Gasteiger partial charge in [-0.2, -0.15) is 0 Å². The van der Waals surface area contributed by atoms with Crippen LogP contribution in [0.15, 0.2) is 78.9 Å². The van der Waals surface area contributed by atoms with Crippen molar-refractivity contribution in [2.24, 2.45) is 5.92 Å². The molecule has 6 heteroatoms. The number of hydrogen-bond donors (Lipinski definition) is 2. The van der Waals surface area contributed by atoms with Crippen molar-refractivity contribution < 1.29 is 14.0 Å². The first-order valence-electron chi connectivity index (χ1n) is 12.1. The van der Waals surface area contributed by atoms with Gasteiger partial charge >= 0.3 is 6.03 Å². The molecule has 1 aliphatic rings. The predicted molar refractivity (Wildman–Crippen MR) is 135 cm³/mol. The lowest BCUT2D eigenvalue weighted by Gasteiger charge is -2.38. The van der Waals surface area contributed by atoms with Crippen molar-refractivity contribution in [3.8, 4) is 0 Å². The molecule has 0 saturated carbocycles. The van der Waals surface area contributed by atoms with Crippen LogP contribution in [0.4, 0.5) is 9.18 Å². The second-order valence-electron chi connectivity index (χ2n) is 9.33. The number of halogens is 1. The molecule has 0 bridgehead atoms. The molecular weight excluding hydrogens is 441 g/mol. The van der Waals surface area contributed by atoms with Gasteiger partial charge in [-0.3, -0.25) is 4.79 Å². The summed E-state index contributed by atoms with van der Waals surface area (Å²) in [5, 5.41) is 6.10. The van der Waals surface area contributed by atoms with Gasteiger partial charge in [-0.15, -0.1) is 0 Å². The van der Waals surface area contributed by atoms with Crippen LogP contribution in [-0.2, 0) is 11.3 Å². The standard InChI is InChI=1S/C29H32FN3O2/c1-20-15-24(13-14-27(20)30)25-16-26(28(34)32-21(2)23-11-7-4-8-12-23)19-33(18-25)29(35)31-17-22-9-5-3-6-10-22/h3-15,21,25-26H,16-19H2,1-2H3,(H,31,35)(H,32,34)/t21-,25+,26-/m0/s1.